The molecular weight excluding hydrogens is 576 g/mol. The molecule has 0 spiro atoms. The fraction of sp³-hybridized carbons (Fsp3) is 0.567. The summed E-state index contributed by atoms with van der Waals surface area (Å²) in [5.41, 5.74) is 7.05. The van der Waals surface area contributed by atoms with Gasteiger partial charge in [-0.3, -0.25) is 4.84 Å². The van der Waals surface area contributed by atoms with Gasteiger partial charge in [0.2, 0.25) is 0 Å². The Morgan fingerprint density at radius 2 is 1.88 bits per heavy atom. The lowest BCUT2D eigenvalue weighted by atomic mass is 10.0. The molecule has 2 aromatic rings. The van der Waals surface area contributed by atoms with Gasteiger partial charge < -0.3 is 35.7 Å². The quantitative estimate of drug-likeness (QED) is 0.231. The van der Waals surface area contributed by atoms with Crippen molar-refractivity contribution in [2.24, 2.45) is 11.7 Å². The molecule has 3 fully saturated rings. The summed E-state index contributed by atoms with van der Waals surface area (Å²) < 4.78 is 45.5. The second-order valence-corrected chi connectivity index (χ2v) is 13.1. The van der Waals surface area contributed by atoms with E-state index in [0.717, 1.165) is 29.3 Å². The van der Waals surface area contributed by atoms with Crippen LogP contribution in [0.5, 0.6) is 0 Å². The largest absolute Gasteiger partial charge is 0.443 e. The van der Waals surface area contributed by atoms with Crippen molar-refractivity contribution in [3.8, 4) is 0 Å². The minimum Gasteiger partial charge on any atom is -0.443 e. The number of ether oxygens (including phenoxy) is 3. The molecule has 2 aromatic carbocycles. The number of rotatable bonds is 14. The topological polar surface area (TPSA) is 162 Å². The number of nitrogens with two attached hydrogens (primary N) is 1. The van der Waals surface area contributed by atoms with Crippen molar-refractivity contribution in [2.45, 2.75) is 74.1 Å². The van der Waals surface area contributed by atoms with Crippen molar-refractivity contribution < 1.29 is 37.4 Å². The highest BCUT2D eigenvalue weighted by Gasteiger charge is 2.44. The van der Waals surface area contributed by atoms with Gasteiger partial charge in [-0.1, -0.05) is 53.7 Å². The molecule has 1 aliphatic carbocycles. The molecule has 13 heteroatoms. The molecule has 12 nitrogen and oxygen atoms in total. The van der Waals surface area contributed by atoms with Gasteiger partial charge in [-0.25, -0.2) is 13.2 Å². The van der Waals surface area contributed by atoms with E-state index in [1.807, 2.05) is 30.3 Å². The predicted octanol–water partition coefficient (Wildman–Crippen LogP) is 2.38. The highest BCUT2D eigenvalue weighted by Crippen LogP contribution is 2.33. The average molecular weight is 619 g/mol. The molecular formula is C30H42N4O8S. The zero-order valence-corrected chi connectivity index (χ0v) is 25.0. The first-order valence-electron chi connectivity index (χ1n) is 15.0. The van der Waals surface area contributed by atoms with Crippen LogP contribution in [0, 0.1) is 5.92 Å². The maximum atomic E-state index is 13.9. The van der Waals surface area contributed by atoms with Gasteiger partial charge in [0.1, 0.15) is 6.10 Å². The summed E-state index contributed by atoms with van der Waals surface area (Å²) in [5.74, 6) is -0.0428. The number of nitrogens with zero attached hydrogens (tertiary/aromatic N) is 1. The van der Waals surface area contributed by atoms with Crippen molar-refractivity contribution >= 4 is 21.8 Å². The van der Waals surface area contributed by atoms with E-state index in [9.17, 15) is 18.3 Å². The van der Waals surface area contributed by atoms with Crippen LogP contribution in [0.3, 0.4) is 0 Å². The zero-order valence-electron chi connectivity index (χ0n) is 24.2. The van der Waals surface area contributed by atoms with Gasteiger partial charge in [0.25, 0.3) is 10.0 Å². The summed E-state index contributed by atoms with van der Waals surface area (Å²) in [6.45, 7) is 1.25. The van der Waals surface area contributed by atoms with E-state index in [4.69, 9.17) is 24.8 Å². The molecule has 0 radical (unpaired) electrons. The monoisotopic (exact) mass is 618 g/mol. The predicted molar refractivity (Wildman–Crippen MR) is 158 cm³/mol. The van der Waals surface area contributed by atoms with E-state index in [-0.39, 0.29) is 36.2 Å². The minimum absolute atomic E-state index is 0.0151. The Bertz CT molecular complexity index is 1290. The lowest BCUT2D eigenvalue weighted by molar-refractivity contribution is -0.145. The minimum atomic E-state index is -4.19. The smallest absolute Gasteiger partial charge is 0.407 e. The fourth-order valence-corrected chi connectivity index (χ4v) is 7.11. The second kappa shape index (κ2) is 14.8. The fourth-order valence-electron chi connectivity index (χ4n) is 5.76. The highest BCUT2D eigenvalue weighted by molar-refractivity contribution is 7.89. The third-order valence-electron chi connectivity index (χ3n) is 8.09. The molecule has 5 atom stereocenters. The van der Waals surface area contributed by atoms with Crippen LogP contribution in [0.1, 0.15) is 37.7 Å². The lowest BCUT2D eigenvalue weighted by Crippen LogP contribution is -2.51. The number of hydrogen-bond acceptors (Lipinski definition) is 10. The van der Waals surface area contributed by atoms with E-state index >= 15 is 0 Å². The van der Waals surface area contributed by atoms with E-state index in [1.165, 1.54) is 12.1 Å². The Morgan fingerprint density at radius 3 is 2.65 bits per heavy atom. The zero-order chi connectivity index (χ0) is 30.2. The van der Waals surface area contributed by atoms with Crippen LogP contribution in [0.15, 0.2) is 59.5 Å². The number of benzene rings is 2. The van der Waals surface area contributed by atoms with E-state index in [1.54, 1.807) is 12.1 Å². The number of anilines is 1. The molecule has 0 bridgehead atoms. The van der Waals surface area contributed by atoms with Gasteiger partial charge in [-0.05, 0) is 49.4 Å². The van der Waals surface area contributed by atoms with E-state index in [0.29, 0.717) is 38.2 Å². The number of fused-ring (bicyclic) bond motifs is 1. The number of amides is 1. The Morgan fingerprint density at radius 1 is 1.09 bits per heavy atom. The highest BCUT2D eigenvalue weighted by atomic mass is 32.2. The standard InChI is InChI=1S/C30H42N4O8S/c31-14-15-32-22-9-6-12-24(18-22)43(37,38)34(42-23-10-4-5-11-23)19-27(35)26(17-21-7-2-1-3-8-21)33-30(36)41-28-20-40-29-25(28)13-16-39-29/h1-3,6-9,12,18,23,25-29,32,35H,4-5,10-11,13-17,19-20,31H2,(H,33,36)/t25-,26+,27-,28-,29+/m1/s1. The first-order chi connectivity index (χ1) is 20.8. The summed E-state index contributed by atoms with van der Waals surface area (Å²) in [4.78, 5) is 19.1. The Balaban J connectivity index is 1.34. The molecule has 5 rings (SSSR count). The number of carbonyl (C=O) groups excluding carboxylic acids is 1. The number of hydrogen-bond donors (Lipinski definition) is 4. The second-order valence-electron chi connectivity index (χ2n) is 11.2. The number of aliphatic hydroxyl groups is 1. The van der Waals surface area contributed by atoms with Crippen molar-refractivity contribution in [3.63, 3.8) is 0 Å². The number of carbonyl (C=O) groups is 1. The summed E-state index contributed by atoms with van der Waals surface area (Å²) in [7, 11) is -4.19. The number of nitrogens with one attached hydrogen (secondary N) is 2. The van der Waals surface area contributed by atoms with Crippen molar-refractivity contribution in [2.75, 3.05) is 38.2 Å². The van der Waals surface area contributed by atoms with Crippen LogP contribution in [0.2, 0.25) is 0 Å². The first-order valence-corrected chi connectivity index (χ1v) is 16.4. The molecule has 0 unspecified atom stereocenters. The van der Waals surface area contributed by atoms with E-state index in [2.05, 4.69) is 10.6 Å². The summed E-state index contributed by atoms with van der Waals surface area (Å²) >= 11 is 0. The number of hydroxylamine groups is 1. The molecule has 2 heterocycles. The molecule has 3 aliphatic rings. The van der Waals surface area contributed by atoms with Crippen LogP contribution in [0.25, 0.3) is 0 Å². The van der Waals surface area contributed by atoms with Gasteiger partial charge in [0.05, 0.1) is 48.8 Å². The number of sulfonamides is 1. The molecule has 236 valence electrons. The maximum absolute atomic E-state index is 13.9. The summed E-state index contributed by atoms with van der Waals surface area (Å²) in [6, 6.07) is 14.9. The van der Waals surface area contributed by atoms with Crippen molar-refractivity contribution in [1.29, 1.82) is 0 Å². The van der Waals surface area contributed by atoms with Crippen LogP contribution >= 0.6 is 0 Å². The Hall–Kier alpha value is -2.78. The molecule has 1 amide bonds. The first kappa shape index (κ1) is 31.6. The number of aliphatic hydroxyl groups excluding tert-OH is 1. The third kappa shape index (κ3) is 8.24. The summed E-state index contributed by atoms with van der Waals surface area (Å²) in [6.07, 6.45) is 1.08. The normalized spacial score (nSPS) is 23.7. The van der Waals surface area contributed by atoms with Gasteiger partial charge in [-0.15, -0.1) is 0 Å². The third-order valence-corrected chi connectivity index (χ3v) is 9.71. The molecule has 2 aliphatic heterocycles. The van der Waals surface area contributed by atoms with Gasteiger partial charge >= 0.3 is 6.09 Å². The SMILES string of the molecule is NCCNc1cccc(S(=O)(=O)N(C[C@@H](O)[C@H](Cc2ccccc2)NC(=O)O[C@@H]2CO[C@@H]3OCC[C@@H]32)OC2CCCC2)c1. The van der Waals surface area contributed by atoms with Gasteiger partial charge in [-0.2, -0.15) is 0 Å². The van der Waals surface area contributed by atoms with Crippen molar-refractivity contribution in [1.82, 2.24) is 9.79 Å². The Labute approximate surface area is 252 Å². The lowest BCUT2D eigenvalue weighted by Gasteiger charge is -2.31. The van der Waals surface area contributed by atoms with Gasteiger partial charge in [0, 0.05) is 18.8 Å². The molecule has 5 N–H and O–H groups in total. The van der Waals surface area contributed by atoms with E-state index < -0.39 is 40.9 Å². The molecule has 0 aromatic heterocycles. The van der Waals surface area contributed by atoms with Crippen molar-refractivity contribution in [3.05, 3.63) is 60.2 Å². The molecule has 2 saturated heterocycles. The van der Waals surface area contributed by atoms with Crippen LogP contribution < -0.4 is 16.4 Å². The van der Waals surface area contributed by atoms with Crippen LogP contribution in [-0.4, -0.2) is 87.6 Å². The molecule has 43 heavy (non-hydrogen) atoms. The maximum Gasteiger partial charge on any atom is 0.407 e. The average Bonchev–Trinajstić information content (AvgIpc) is 3.77. The number of alkyl carbamates (subject to hydrolysis) is 1. The van der Waals surface area contributed by atoms with Crippen LogP contribution in [-0.2, 0) is 35.5 Å². The Kier molecular flexibility index (Phi) is 10.9. The van der Waals surface area contributed by atoms with Gasteiger partial charge in [0.15, 0.2) is 6.29 Å². The van der Waals surface area contributed by atoms with Crippen LogP contribution in [0.4, 0.5) is 10.5 Å². The summed E-state index contributed by atoms with van der Waals surface area (Å²) in [5, 5.41) is 17.4. The molecule has 1 saturated carbocycles.